The average molecular weight is 421 g/mol. The fourth-order valence-corrected chi connectivity index (χ4v) is 4.07. The molecule has 8 heteroatoms. The Morgan fingerprint density at radius 1 is 1.27 bits per heavy atom. The number of piperazine rings is 1. The van der Waals surface area contributed by atoms with Crippen LogP contribution < -0.4 is 5.32 Å². The predicted octanol–water partition coefficient (Wildman–Crippen LogP) is 2.77. The SMILES string of the molecule is Cl.O=C(CCc1ccc(Cl)cc1Cl)N1CCCC(N2CCNCC2=O)C1. The molecule has 2 aliphatic heterocycles. The highest BCUT2D eigenvalue weighted by Gasteiger charge is 2.31. The number of piperidine rings is 1. The van der Waals surface area contributed by atoms with Crippen molar-refractivity contribution in [3.05, 3.63) is 33.8 Å². The molecule has 144 valence electrons. The molecule has 26 heavy (non-hydrogen) atoms. The van der Waals surface area contributed by atoms with E-state index in [9.17, 15) is 9.59 Å². The molecular formula is C18H24Cl3N3O2. The van der Waals surface area contributed by atoms with Gasteiger partial charge in [0, 0.05) is 48.7 Å². The van der Waals surface area contributed by atoms with Gasteiger partial charge in [-0.2, -0.15) is 0 Å². The van der Waals surface area contributed by atoms with E-state index in [0.29, 0.717) is 36.0 Å². The smallest absolute Gasteiger partial charge is 0.236 e. The lowest BCUT2D eigenvalue weighted by Crippen LogP contribution is -2.57. The minimum Gasteiger partial charge on any atom is -0.341 e. The zero-order valence-corrected chi connectivity index (χ0v) is 16.9. The molecule has 0 aromatic heterocycles. The van der Waals surface area contributed by atoms with Crippen LogP contribution in [0.15, 0.2) is 18.2 Å². The first-order valence-corrected chi connectivity index (χ1v) is 9.52. The van der Waals surface area contributed by atoms with Crippen molar-refractivity contribution in [3.63, 3.8) is 0 Å². The lowest BCUT2D eigenvalue weighted by atomic mass is 10.0. The highest BCUT2D eigenvalue weighted by Crippen LogP contribution is 2.23. The second kappa shape index (κ2) is 9.79. The first-order chi connectivity index (χ1) is 12.0. The number of carbonyl (C=O) groups excluding carboxylic acids is 2. The molecule has 1 atom stereocenters. The lowest BCUT2D eigenvalue weighted by Gasteiger charge is -2.41. The summed E-state index contributed by atoms with van der Waals surface area (Å²) in [6, 6.07) is 5.51. The fraction of sp³-hybridized carbons (Fsp3) is 0.556. The number of benzene rings is 1. The minimum atomic E-state index is 0. The second-order valence-corrected chi connectivity index (χ2v) is 7.48. The fourth-order valence-electron chi connectivity index (χ4n) is 3.57. The van der Waals surface area contributed by atoms with Crippen molar-refractivity contribution >= 4 is 47.4 Å². The molecule has 1 unspecified atom stereocenters. The topological polar surface area (TPSA) is 52.7 Å². The van der Waals surface area contributed by atoms with E-state index < -0.39 is 0 Å². The number of halogens is 3. The van der Waals surface area contributed by atoms with Gasteiger partial charge in [-0.25, -0.2) is 0 Å². The van der Waals surface area contributed by atoms with Gasteiger partial charge in [0.15, 0.2) is 0 Å². The van der Waals surface area contributed by atoms with Crippen LogP contribution >= 0.6 is 35.6 Å². The molecule has 2 aliphatic rings. The molecular weight excluding hydrogens is 397 g/mol. The van der Waals surface area contributed by atoms with Crippen molar-refractivity contribution in [2.75, 3.05) is 32.7 Å². The molecule has 2 amide bonds. The van der Waals surface area contributed by atoms with Gasteiger partial charge in [-0.1, -0.05) is 29.3 Å². The summed E-state index contributed by atoms with van der Waals surface area (Å²) in [6.45, 7) is 3.36. The van der Waals surface area contributed by atoms with Gasteiger partial charge in [0.2, 0.25) is 11.8 Å². The number of hydrogen-bond acceptors (Lipinski definition) is 3. The third-order valence-corrected chi connectivity index (χ3v) is 5.53. The summed E-state index contributed by atoms with van der Waals surface area (Å²) in [5.74, 6) is 0.261. The summed E-state index contributed by atoms with van der Waals surface area (Å²) in [4.78, 5) is 28.5. The number of carbonyl (C=O) groups is 2. The van der Waals surface area contributed by atoms with E-state index in [4.69, 9.17) is 23.2 Å². The van der Waals surface area contributed by atoms with E-state index in [0.717, 1.165) is 38.0 Å². The molecule has 0 radical (unpaired) electrons. The number of nitrogens with zero attached hydrogens (tertiary/aromatic N) is 2. The highest BCUT2D eigenvalue weighted by atomic mass is 35.5. The molecule has 2 heterocycles. The Kier molecular flexibility index (Phi) is 8.02. The Labute approximate surface area is 170 Å². The zero-order valence-electron chi connectivity index (χ0n) is 14.5. The van der Waals surface area contributed by atoms with Crippen LogP contribution in [0.4, 0.5) is 0 Å². The second-order valence-electron chi connectivity index (χ2n) is 6.64. The minimum absolute atomic E-state index is 0. The third kappa shape index (κ3) is 5.26. The number of likely N-dealkylation sites (tertiary alicyclic amines) is 1. The Morgan fingerprint density at radius 2 is 2.08 bits per heavy atom. The van der Waals surface area contributed by atoms with Crippen LogP contribution in [-0.4, -0.2) is 60.4 Å². The standard InChI is InChI=1S/C18H23Cl2N3O2.ClH/c19-14-5-3-13(16(20)10-14)4-6-17(24)22-8-1-2-15(12-22)23-9-7-21-11-18(23)25;/h3,5,10,15,21H,1-2,4,6-9,11-12H2;1H. The summed E-state index contributed by atoms with van der Waals surface area (Å²) in [5.41, 5.74) is 0.935. The maximum Gasteiger partial charge on any atom is 0.236 e. The third-order valence-electron chi connectivity index (χ3n) is 4.94. The predicted molar refractivity (Wildman–Crippen MR) is 106 cm³/mol. The maximum absolute atomic E-state index is 12.6. The molecule has 0 saturated carbocycles. The number of hydrogen-bond donors (Lipinski definition) is 1. The van der Waals surface area contributed by atoms with Crippen LogP contribution in [0.3, 0.4) is 0 Å². The maximum atomic E-state index is 12.6. The Bertz CT molecular complexity index is 657. The summed E-state index contributed by atoms with van der Waals surface area (Å²) in [6.07, 6.45) is 2.93. The molecule has 0 aliphatic carbocycles. The molecule has 1 aromatic carbocycles. The van der Waals surface area contributed by atoms with E-state index >= 15 is 0 Å². The van der Waals surface area contributed by atoms with E-state index in [2.05, 4.69) is 5.32 Å². The van der Waals surface area contributed by atoms with Crippen LogP contribution in [0.5, 0.6) is 0 Å². The van der Waals surface area contributed by atoms with Gasteiger partial charge >= 0.3 is 0 Å². The molecule has 1 N–H and O–H groups in total. The molecule has 1 aromatic rings. The molecule has 2 saturated heterocycles. The Hall–Kier alpha value is -1.01. The van der Waals surface area contributed by atoms with Crippen LogP contribution in [0.2, 0.25) is 10.0 Å². The van der Waals surface area contributed by atoms with Crippen molar-refractivity contribution in [2.24, 2.45) is 0 Å². The molecule has 0 spiro atoms. The monoisotopic (exact) mass is 419 g/mol. The summed E-state index contributed by atoms with van der Waals surface area (Å²) < 4.78 is 0. The highest BCUT2D eigenvalue weighted by molar-refractivity contribution is 6.35. The van der Waals surface area contributed by atoms with Crippen molar-refractivity contribution in [3.8, 4) is 0 Å². The van der Waals surface area contributed by atoms with Gasteiger partial charge in [-0.15, -0.1) is 12.4 Å². The van der Waals surface area contributed by atoms with Crippen molar-refractivity contribution in [1.29, 1.82) is 0 Å². The van der Waals surface area contributed by atoms with E-state index in [-0.39, 0.29) is 30.3 Å². The van der Waals surface area contributed by atoms with Gasteiger partial charge < -0.3 is 15.1 Å². The summed E-state index contributed by atoms with van der Waals surface area (Å²) in [5, 5.41) is 4.29. The van der Waals surface area contributed by atoms with E-state index in [1.54, 1.807) is 12.1 Å². The van der Waals surface area contributed by atoms with Gasteiger partial charge in [0.1, 0.15) is 0 Å². The quantitative estimate of drug-likeness (QED) is 0.815. The molecule has 3 rings (SSSR count). The zero-order chi connectivity index (χ0) is 17.8. The number of aryl methyl sites for hydroxylation is 1. The van der Waals surface area contributed by atoms with Crippen LogP contribution in [0, 0.1) is 0 Å². The van der Waals surface area contributed by atoms with E-state index in [1.807, 2.05) is 15.9 Å². The lowest BCUT2D eigenvalue weighted by molar-refractivity contribution is -0.140. The van der Waals surface area contributed by atoms with E-state index in [1.165, 1.54) is 0 Å². The van der Waals surface area contributed by atoms with Gasteiger partial charge in [0.05, 0.1) is 6.54 Å². The van der Waals surface area contributed by atoms with Crippen molar-refractivity contribution in [1.82, 2.24) is 15.1 Å². The largest absolute Gasteiger partial charge is 0.341 e. The Morgan fingerprint density at radius 3 is 2.81 bits per heavy atom. The van der Waals surface area contributed by atoms with Gasteiger partial charge in [-0.3, -0.25) is 9.59 Å². The normalized spacial score (nSPS) is 20.7. The molecule has 2 fully saturated rings. The number of amides is 2. The van der Waals surface area contributed by atoms with Crippen LogP contribution in [0.25, 0.3) is 0 Å². The van der Waals surface area contributed by atoms with Gasteiger partial charge in [-0.05, 0) is 37.0 Å². The molecule has 5 nitrogen and oxygen atoms in total. The summed E-state index contributed by atoms with van der Waals surface area (Å²) in [7, 11) is 0. The summed E-state index contributed by atoms with van der Waals surface area (Å²) >= 11 is 12.1. The van der Waals surface area contributed by atoms with Crippen LogP contribution in [-0.2, 0) is 16.0 Å². The number of nitrogens with one attached hydrogen (secondary N) is 1. The number of rotatable bonds is 4. The average Bonchev–Trinajstić information content (AvgIpc) is 2.61. The van der Waals surface area contributed by atoms with Crippen LogP contribution in [0.1, 0.15) is 24.8 Å². The van der Waals surface area contributed by atoms with Crippen molar-refractivity contribution in [2.45, 2.75) is 31.7 Å². The van der Waals surface area contributed by atoms with Gasteiger partial charge in [0.25, 0.3) is 0 Å². The molecule has 0 bridgehead atoms. The first-order valence-electron chi connectivity index (χ1n) is 8.76. The van der Waals surface area contributed by atoms with Crippen molar-refractivity contribution < 1.29 is 9.59 Å². The first kappa shape index (κ1) is 21.3. The Balaban J connectivity index is 0.00000243.